The quantitative estimate of drug-likeness (QED) is 0.782. The van der Waals surface area contributed by atoms with Crippen LogP contribution in [-0.2, 0) is 12.8 Å². The van der Waals surface area contributed by atoms with Crippen LogP contribution in [0.15, 0.2) is 35.4 Å². The average molecular weight is 260 g/mol. The summed E-state index contributed by atoms with van der Waals surface area (Å²) in [6.45, 7) is 8.57. The van der Waals surface area contributed by atoms with Crippen molar-refractivity contribution in [3.8, 4) is 0 Å². The van der Waals surface area contributed by atoms with Crippen LogP contribution in [0.4, 0.5) is 0 Å². The highest BCUT2D eigenvalue weighted by molar-refractivity contribution is 5.39. The first-order valence-corrected chi connectivity index (χ1v) is 7.48. The molecule has 1 aliphatic carbocycles. The topological polar surface area (TPSA) is 20.2 Å². The van der Waals surface area contributed by atoms with Crippen LogP contribution in [0.1, 0.15) is 58.1 Å². The Balaban J connectivity index is 0.000000224. The van der Waals surface area contributed by atoms with E-state index in [9.17, 15) is 0 Å². The van der Waals surface area contributed by atoms with Crippen LogP contribution in [0.5, 0.6) is 0 Å². The maximum atomic E-state index is 8.86. The Morgan fingerprint density at radius 1 is 1.00 bits per heavy atom. The molecule has 0 bridgehead atoms. The van der Waals surface area contributed by atoms with Crippen molar-refractivity contribution in [2.45, 2.75) is 65.9 Å². The van der Waals surface area contributed by atoms with Gasteiger partial charge in [0.05, 0.1) is 6.10 Å². The maximum Gasteiger partial charge on any atom is 0.0537 e. The van der Waals surface area contributed by atoms with Crippen LogP contribution in [0.25, 0.3) is 0 Å². The summed E-state index contributed by atoms with van der Waals surface area (Å²) in [5.41, 5.74) is 6.13. The molecule has 1 nitrogen and oxygen atoms in total. The highest BCUT2D eigenvalue weighted by Crippen LogP contribution is 2.24. The van der Waals surface area contributed by atoms with Gasteiger partial charge in [0, 0.05) is 0 Å². The first-order valence-electron chi connectivity index (χ1n) is 7.48. The molecule has 0 saturated heterocycles. The van der Waals surface area contributed by atoms with E-state index in [0.29, 0.717) is 0 Å². The minimum atomic E-state index is -0.0509. The standard InChI is InChI=1S/C12H14.C6H14O/c1-9-7-11-5-3-4-6-12(11)8-10(9)2;1-3-5-6(7)4-2/h3-6H,7-8H2,1-2H3;6-7H,3-5H2,1-2H3. The Bertz CT molecular complexity index is 384. The summed E-state index contributed by atoms with van der Waals surface area (Å²) in [6, 6.07) is 8.75. The fraction of sp³-hybridized carbons (Fsp3) is 0.556. The molecule has 0 aromatic heterocycles. The minimum Gasteiger partial charge on any atom is -0.393 e. The van der Waals surface area contributed by atoms with Crippen molar-refractivity contribution in [3.05, 3.63) is 46.5 Å². The molecule has 1 heteroatoms. The number of aliphatic hydroxyl groups is 1. The summed E-state index contributed by atoms with van der Waals surface area (Å²) in [5, 5.41) is 8.86. The van der Waals surface area contributed by atoms with Gasteiger partial charge in [-0.3, -0.25) is 0 Å². The predicted molar refractivity (Wildman–Crippen MR) is 83.4 cm³/mol. The maximum absolute atomic E-state index is 8.86. The van der Waals surface area contributed by atoms with Crippen molar-refractivity contribution in [1.82, 2.24) is 0 Å². The van der Waals surface area contributed by atoms with Gasteiger partial charge < -0.3 is 5.11 Å². The van der Waals surface area contributed by atoms with Gasteiger partial charge in [-0.05, 0) is 50.7 Å². The molecule has 0 aliphatic heterocycles. The molecule has 1 aromatic rings. The Kier molecular flexibility index (Phi) is 6.86. The van der Waals surface area contributed by atoms with Gasteiger partial charge in [-0.25, -0.2) is 0 Å². The second-order valence-corrected chi connectivity index (χ2v) is 5.53. The molecule has 0 spiro atoms. The highest BCUT2D eigenvalue weighted by Gasteiger charge is 2.10. The Morgan fingerprint density at radius 2 is 1.47 bits per heavy atom. The molecular weight excluding hydrogens is 232 g/mol. The molecule has 0 saturated carbocycles. The van der Waals surface area contributed by atoms with E-state index < -0.39 is 0 Å². The molecular formula is C18H28O. The normalized spacial score (nSPS) is 15.4. The first kappa shape index (κ1) is 16.0. The third kappa shape index (κ3) is 5.20. The lowest BCUT2D eigenvalue weighted by molar-refractivity contribution is 0.159. The lowest BCUT2D eigenvalue weighted by atomic mass is 9.88. The molecule has 0 amide bonds. The average Bonchev–Trinajstić information content (AvgIpc) is 2.41. The number of benzene rings is 1. The summed E-state index contributed by atoms with van der Waals surface area (Å²) >= 11 is 0. The van der Waals surface area contributed by atoms with Gasteiger partial charge in [0.15, 0.2) is 0 Å². The summed E-state index contributed by atoms with van der Waals surface area (Å²) in [6.07, 6.45) is 5.20. The van der Waals surface area contributed by atoms with Crippen molar-refractivity contribution in [1.29, 1.82) is 0 Å². The number of aliphatic hydroxyl groups excluding tert-OH is 1. The first-order chi connectivity index (χ1) is 9.08. The van der Waals surface area contributed by atoms with Gasteiger partial charge in [-0.15, -0.1) is 0 Å². The zero-order valence-corrected chi connectivity index (χ0v) is 12.9. The van der Waals surface area contributed by atoms with Crippen LogP contribution >= 0.6 is 0 Å². The van der Waals surface area contributed by atoms with E-state index >= 15 is 0 Å². The molecule has 2 rings (SSSR count). The van der Waals surface area contributed by atoms with E-state index in [0.717, 1.165) is 32.1 Å². The third-order valence-corrected chi connectivity index (χ3v) is 3.85. The van der Waals surface area contributed by atoms with Crippen LogP contribution in [0.3, 0.4) is 0 Å². The van der Waals surface area contributed by atoms with E-state index in [2.05, 4.69) is 45.0 Å². The van der Waals surface area contributed by atoms with E-state index in [1.54, 1.807) is 11.1 Å². The molecule has 1 atom stereocenters. The zero-order chi connectivity index (χ0) is 14.3. The fourth-order valence-electron chi connectivity index (χ4n) is 2.31. The van der Waals surface area contributed by atoms with Gasteiger partial charge >= 0.3 is 0 Å². The minimum absolute atomic E-state index is 0.0509. The van der Waals surface area contributed by atoms with Crippen molar-refractivity contribution in [2.75, 3.05) is 0 Å². The number of allylic oxidation sites excluding steroid dienone is 2. The van der Waals surface area contributed by atoms with E-state index in [1.807, 2.05) is 6.92 Å². The summed E-state index contributed by atoms with van der Waals surface area (Å²) in [4.78, 5) is 0. The summed E-state index contributed by atoms with van der Waals surface area (Å²) < 4.78 is 0. The van der Waals surface area contributed by atoms with Crippen LogP contribution in [-0.4, -0.2) is 11.2 Å². The molecule has 1 aromatic carbocycles. The lowest BCUT2D eigenvalue weighted by Crippen LogP contribution is -2.04. The zero-order valence-electron chi connectivity index (χ0n) is 12.9. The Hall–Kier alpha value is -1.08. The van der Waals surface area contributed by atoms with Crippen molar-refractivity contribution in [3.63, 3.8) is 0 Å². The highest BCUT2D eigenvalue weighted by atomic mass is 16.3. The van der Waals surface area contributed by atoms with E-state index in [4.69, 9.17) is 5.11 Å². The molecule has 1 aliphatic rings. The van der Waals surface area contributed by atoms with Crippen molar-refractivity contribution >= 4 is 0 Å². The second-order valence-electron chi connectivity index (χ2n) is 5.53. The van der Waals surface area contributed by atoms with Crippen molar-refractivity contribution < 1.29 is 5.11 Å². The van der Waals surface area contributed by atoms with Crippen molar-refractivity contribution in [2.24, 2.45) is 0 Å². The second kappa shape index (κ2) is 8.16. The number of hydrogen-bond donors (Lipinski definition) is 1. The Morgan fingerprint density at radius 3 is 1.79 bits per heavy atom. The smallest absolute Gasteiger partial charge is 0.0537 e. The van der Waals surface area contributed by atoms with Gasteiger partial charge in [0.1, 0.15) is 0 Å². The summed E-state index contributed by atoms with van der Waals surface area (Å²) in [5.74, 6) is 0. The monoisotopic (exact) mass is 260 g/mol. The molecule has 0 fully saturated rings. The van der Waals surface area contributed by atoms with E-state index in [-0.39, 0.29) is 6.10 Å². The van der Waals surface area contributed by atoms with Gasteiger partial charge in [-0.2, -0.15) is 0 Å². The molecule has 106 valence electrons. The van der Waals surface area contributed by atoms with Crippen LogP contribution in [0, 0.1) is 0 Å². The van der Waals surface area contributed by atoms with Crippen LogP contribution < -0.4 is 0 Å². The molecule has 1 unspecified atom stereocenters. The molecule has 0 heterocycles. The molecule has 0 radical (unpaired) electrons. The SMILES string of the molecule is CC1=C(C)Cc2ccccc2C1.CCCC(O)CC. The third-order valence-electron chi connectivity index (χ3n) is 3.85. The number of fused-ring (bicyclic) bond motifs is 1. The van der Waals surface area contributed by atoms with Gasteiger partial charge in [0.2, 0.25) is 0 Å². The Labute approximate surface area is 118 Å². The summed E-state index contributed by atoms with van der Waals surface area (Å²) in [7, 11) is 0. The largest absolute Gasteiger partial charge is 0.393 e. The number of hydrogen-bond acceptors (Lipinski definition) is 1. The predicted octanol–water partition coefficient (Wildman–Crippen LogP) is 4.68. The fourth-order valence-corrected chi connectivity index (χ4v) is 2.31. The van der Waals surface area contributed by atoms with Gasteiger partial charge in [-0.1, -0.05) is 55.7 Å². The number of rotatable bonds is 3. The van der Waals surface area contributed by atoms with Gasteiger partial charge in [0.25, 0.3) is 0 Å². The van der Waals surface area contributed by atoms with E-state index in [1.165, 1.54) is 11.1 Å². The van der Waals surface area contributed by atoms with Crippen LogP contribution in [0.2, 0.25) is 0 Å². The lowest BCUT2D eigenvalue weighted by Gasteiger charge is -2.18. The molecule has 19 heavy (non-hydrogen) atoms. The molecule has 1 N–H and O–H groups in total.